The normalized spacial score (nSPS) is 13.0. The predicted molar refractivity (Wildman–Crippen MR) is 119 cm³/mol. The molecule has 3 aromatic rings. The van der Waals surface area contributed by atoms with Gasteiger partial charge in [-0.25, -0.2) is 14.2 Å². The first-order valence-corrected chi connectivity index (χ1v) is 10.3. The van der Waals surface area contributed by atoms with Gasteiger partial charge >= 0.3 is 18.5 Å². The lowest BCUT2D eigenvalue weighted by atomic mass is 10.1. The maximum absolute atomic E-state index is 15.3. The second kappa shape index (κ2) is 11.0. The highest BCUT2D eigenvalue weighted by Gasteiger charge is 2.38. The highest BCUT2D eigenvalue weighted by molar-refractivity contribution is 6.07. The van der Waals surface area contributed by atoms with Gasteiger partial charge in [0, 0.05) is 18.0 Å². The maximum atomic E-state index is 15.3. The van der Waals surface area contributed by atoms with Crippen molar-refractivity contribution in [3.63, 3.8) is 0 Å². The van der Waals surface area contributed by atoms with Gasteiger partial charge in [0.05, 0.1) is 23.8 Å². The summed E-state index contributed by atoms with van der Waals surface area (Å²) in [6, 6.07) is 3.54. The van der Waals surface area contributed by atoms with Gasteiger partial charge in [-0.05, 0) is 42.8 Å². The molecular weight excluding hydrogens is 545 g/mol. The zero-order valence-electron chi connectivity index (χ0n) is 22.6. The van der Waals surface area contributed by atoms with Crippen LogP contribution in [-0.4, -0.2) is 37.4 Å². The average Bonchev–Trinajstić information content (AvgIpc) is 2.83. The van der Waals surface area contributed by atoms with Crippen LogP contribution in [0, 0.1) is 12.7 Å². The zero-order valence-corrected chi connectivity index (χ0v) is 19.6. The quantitative estimate of drug-likeness (QED) is 0.266. The van der Waals surface area contributed by atoms with Gasteiger partial charge in [0.2, 0.25) is 0 Å². The SMILES string of the molecule is [2H]C([2H])([2H])Oc1cc(OC(F)(F)F)ccc1Oc1ccc(C(F)(F)F)c(F)c1C(=O)Nc1cc(C(=O)OC)ncc1C. The number of alkyl halides is 6. The first kappa shape index (κ1) is 24.8. The number of nitrogens with one attached hydrogen (secondary N) is 1. The first-order valence-electron chi connectivity index (χ1n) is 11.8. The van der Waals surface area contributed by atoms with E-state index in [1.165, 1.54) is 6.92 Å². The van der Waals surface area contributed by atoms with E-state index < -0.39 is 71.4 Å². The summed E-state index contributed by atoms with van der Waals surface area (Å²) in [5, 5.41) is 2.14. The number of amides is 1. The van der Waals surface area contributed by atoms with E-state index in [1.54, 1.807) is 0 Å². The molecule has 1 heterocycles. The number of methoxy groups -OCH3 is 2. The summed E-state index contributed by atoms with van der Waals surface area (Å²) in [6.07, 6.45) is -9.36. The summed E-state index contributed by atoms with van der Waals surface area (Å²) >= 11 is 0. The lowest BCUT2D eigenvalue weighted by molar-refractivity contribution is -0.274. The van der Waals surface area contributed by atoms with E-state index in [4.69, 9.17) is 8.85 Å². The van der Waals surface area contributed by atoms with Crippen molar-refractivity contribution < 1.29 is 63.4 Å². The van der Waals surface area contributed by atoms with Gasteiger partial charge in [-0.15, -0.1) is 13.2 Å². The average molecular weight is 565 g/mol. The second-order valence-corrected chi connectivity index (χ2v) is 7.49. The van der Waals surface area contributed by atoms with Crippen LogP contribution >= 0.6 is 0 Å². The molecule has 0 unspecified atom stereocenters. The second-order valence-electron chi connectivity index (χ2n) is 7.49. The number of anilines is 1. The van der Waals surface area contributed by atoms with Crippen molar-refractivity contribution in [2.24, 2.45) is 0 Å². The number of aryl methyl sites for hydroxylation is 1. The van der Waals surface area contributed by atoms with Crippen LogP contribution < -0.4 is 19.5 Å². The fourth-order valence-corrected chi connectivity index (χ4v) is 3.10. The Morgan fingerprint density at radius 2 is 1.69 bits per heavy atom. The number of rotatable bonds is 7. The Morgan fingerprint density at radius 3 is 2.31 bits per heavy atom. The van der Waals surface area contributed by atoms with Crippen molar-refractivity contribution in [2.45, 2.75) is 19.5 Å². The minimum absolute atomic E-state index is 0.182. The van der Waals surface area contributed by atoms with E-state index in [9.17, 15) is 35.9 Å². The van der Waals surface area contributed by atoms with E-state index in [1.807, 2.05) is 0 Å². The Balaban J connectivity index is 2.13. The van der Waals surface area contributed by atoms with Crippen LogP contribution in [0.5, 0.6) is 23.0 Å². The number of aromatic nitrogens is 1. The molecule has 0 aliphatic rings. The summed E-state index contributed by atoms with van der Waals surface area (Å²) in [7, 11) is -2.23. The van der Waals surface area contributed by atoms with Crippen molar-refractivity contribution in [3.05, 3.63) is 70.8 Å². The number of esters is 1. The van der Waals surface area contributed by atoms with Crippen LogP contribution in [0.2, 0.25) is 0 Å². The Morgan fingerprint density at radius 1 is 1.00 bits per heavy atom. The molecule has 0 saturated heterocycles. The van der Waals surface area contributed by atoms with Crippen LogP contribution in [0.15, 0.2) is 42.6 Å². The van der Waals surface area contributed by atoms with Gasteiger partial charge in [-0.2, -0.15) is 13.2 Å². The molecule has 15 heteroatoms. The minimum atomic E-state index is -5.28. The molecule has 0 atom stereocenters. The fourth-order valence-electron chi connectivity index (χ4n) is 3.10. The van der Waals surface area contributed by atoms with E-state index in [0.717, 1.165) is 19.4 Å². The fraction of sp³-hybridized carbons (Fsp3) is 0.208. The van der Waals surface area contributed by atoms with E-state index in [-0.39, 0.29) is 23.0 Å². The monoisotopic (exact) mass is 565 g/mol. The molecular formula is C24H17F7N2O6. The molecule has 2 aromatic carbocycles. The Kier molecular flexibility index (Phi) is 7.01. The third-order valence-corrected chi connectivity index (χ3v) is 4.86. The van der Waals surface area contributed by atoms with Crippen LogP contribution in [-0.2, 0) is 10.9 Å². The summed E-state index contributed by atoms with van der Waals surface area (Å²) < 4.78 is 134. The van der Waals surface area contributed by atoms with E-state index in [0.29, 0.717) is 24.3 Å². The molecule has 208 valence electrons. The van der Waals surface area contributed by atoms with Crippen molar-refractivity contribution in [1.29, 1.82) is 0 Å². The summed E-state index contributed by atoms with van der Waals surface area (Å²) in [6.45, 7) is 1.40. The molecule has 8 nitrogen and oxygen atoms in total. The minimum Gasteiger partial charge on any atom is -0.493 e. The Labute approximate surface area is 219 Å². The van der Waals surface area contributed by atoms with Crippen molar-refractivity contribution >= 4 is 17.6 Å². The molecule has 1 aromatic heterocycles. The van der Waals surface area contributed by atoms with Gasteiger partial charge < -0.3 is 24.3 Å². The van der Waals surface area contributed by atoms with Crippen molar-refractivity contribution in [3.8, 4) is 23.0 Å². The number of halogens is 7. The number of ether oxygens (including phenoxy) is 4. The molecule has 0 aliphatic carbocycles. The molecule has 0 radical (unpaired) electrons. The van der Waals surface area contributed by atoms with Gasteiger partial charge in [-0.3, -0.25) is 4.79 Å². The highest BCUT2D eigenvalue weighted by Crippen LogP contribution is 2.41. The predicted octanol–water partition coefficient (Wildman–Crippen LogP) is 6.29. The molecule has 39 heavy (non-hydrogen) atoms. The Hall–Kier alpha value is -4.56. The van der Waals surface area contributed by atoms with E-state index in [2.05, 4.69) is 24.5 Å². The number of carbonyl (C=O) groups is 2. The molecule has 0 aliphatic heterocycles. The van der Waals surface area contributed by atoms with Crippen molar-refractivity contribution in [2.75, 3.05) is 19.5 Å². The third kappa shape index (κ3) is 6.86. The Bertz CT molecular complexity index is 1510. The molecule has 0 bridgehead atoms. The number of pyridine rings is 1. The topological polar surface area (TPSA) is 96.0 Å². The molecule has 0 saturated carbocycles. The molecule has 3 rings (SSSR count). The maximum Gasteiger partial charge on any atom is 0.573 e. The van der Waals surface area contributed by atoms with Gasteiger partial charge in [0.25, 0.3) is 5.91 Å². The first-order chi connectivity index (χ1) is 19.3. The molecule has 0 spiro atoms. The van der Waals surface area contributed by atoms with Crippen molar-refractivity contribution in [1.82, 2.24) is 4.98 Å². The van der Waals surface area contributed by atoms with Gasteiger partial charge in [-0.1, -0.05) is 0 Å². The summed E-state index contributed by atoms with van der Waals surface area (Å²) in [5.41, 5.74) is -3.52. The smallest absolute Gasteiger partial charge is 0.493 e. The number of hydrogen-bond donors (Lipinski definition) is 1. The van der Waals surface area contributed by atoms with Gasteiger partial charge in [0.1, 0.15) is 22.8 Å². The van der Waals surface area contributed by atoms with Crippen LogP contribution in [0.1, 0.15) is 36.1 Å². The lowest BCUT2D eigenvalue weighted by Gasteiger charge is -2.18. The van der Waals surface area contributed by atoms with Crippen LogP contribution in [0.4, 0.5) is 36.4 Å². The summed E-state index contributed by atoms with van der Waals surface area (Å²) in [4.78, 5) is 28.7. The highest BCUT2D eigenvalue weighted by atomic mass is 19.4. The van der Waals surface area contributed by atoms with E-state index >= 15 is 4.39 Å². The third-order valence-electron chi connectivity index (χ3n) is 4.86. The lowest BCUT2D eigenvalue weighted by Crippen LogP contribution is -2.20. The van der Waals surface area contributed by atoms with Gasteiger partial charge in [0.15, 0.2) is 17.3 Å². The number of benzene rings is 2. The van der Waals surface area contributed by atoms with Crippen LogP contribution in [0.3, 0.4) is 0 Å². The molecule has 1 N–H and O–H groups in total. The number of hydrogen-bond acceptors (Lipinski definition) is 7. The zero-order chi connectivity index (χ0) is 31.6. The standard InChI is InChI=1S/C24H17F7N2O6/c1-11-10-32-15(22(35)37-3)9-14(11)33-21(34)19-17(7-5-13(20(19)25)23(26,27)28)38-16-6-4-12(8-18(16)36-2)39-24(29,30)31/h4-10H,1-3H3,(H,32,33,34)/i2D3. The molecule has 0 fully saturated rings. The van der Waals surface area contributed by atoms with Crippen LogP contribution in [0.25, 0.3) is 0 Å². The number of nitrogens with zero attached hydrogens (tertiary/aromatic N) is 1. The largest absolute Gasteiger partial charge is 0.573 e. The molecule has 1 amide bonds. The number of carbonyl (C=O) groups excluding carboxylic acids is 2. The summed E-state index contributed by atoms with van der Waals surface area (Å²) in [5.74, 6) is -8.09.